The average Bonchev–Trinajstić information content (AvgIpc) is 2.70. The van der Waals surface area contributed by atoms with Crippen molar-refractivity contribution in [2.45, 2.75) is 33.1 Å². The molecule has 1 aliphatic rings. The first-order valence-electron chi connectivity index (χ1n) is 7.91. The van der Waals surface area contributed by atoms with E-state index in [0.29, 0.717) is 17.0 Å². The zero-order valence-electron chi connectivity index (χ0n) is 13.1. The van der Waals surface area contributed by atoms with Gasteiger partial charge in [0.25, 0.3) is 5.91 Å². The lowest BCUT2D eigenvalue weighted by Crippen LogP contribution is -2.32. The lowest BCUT2D eigenvalue weighted by Gasteiger charge is -2.21. The number of halogens is 1. The number of hydrogen-bond acceptors (Lipinski definition) is 2. The topological polar surface area (TPSA) is 33.2 Å². The Morgan fingerprint density at radius 2 is 2.09 bits per heavy atom. The van der Waals surface area contributed by atoms with E-state index in [0.717, 1.165) is 37.0 Å². The molecule has 22 heavy (non-hydrogen) atoms. The molecule has 0 unspecified atom stereocenters. The molecule has 0 radical (unpaired) electrons. The number of likely N-dealkylation sites (tertiary alicyclic amines) is 1. The van der Waals surface area contributed by atoms with Crippen molar-refractivity contribution in [1.82, 2.24) is 9.88 Å². The van der Waals surface area contributed by atoms with E-state index >= 15 is 0 Å². The van der Waals surface area contributed by atoms with Crippen molar-refractivity contribution in [2.75, 3.05) is 13.1 Å². The van der Waals surface area contributed by atoms with Crippen molar-refractivity contribution >= 4 is 16.8 Å². The molecule has 116 valence electrons. The minimum Gasteiger partial charge on any atom is -0.339 e. The standard InChI is InChI=1S/C18H21FN2O/c1-12-4-3-8-21(9-7-12)18(22)16-10-13(2)20-17-11-14(19)5-6-15(16)17/h5-6,10-12H,3-4,7-9H2,1-2H3/t12-/m1/s1. The zero-order valence-corrected chi connectivity index (χ0v) is 13.1. The minimum absolute atomic E-state index is 0.0382. The van der Waals surface area contributed by atoms with Gasteiger partial charge in [-0.1, -0.05) is 6.92 Å². The number of nitrogens with zero attached hydrogens (tertiary/aromatic N) is 2. The molecule has 1 aliphatic heterocycles. The normalized spacial score (nSPS) is 19.2. The van der Waals surface area contributed by atoms with E-state index in [9.17, 15) is 9.18 Å². The van der Waals surface area contributed by atoms with E-state index in [4.69, 9.17) is 0 Å². The first-order chi connectivity index (χ1) is 10.5. The van der Waals surface area contributed by atoms with Crippen LogP contribution in [0, 0.1) is 18.7 Å². The smallest absolute Gasteiger partial charge is 0.254 e. The number of pyridine rings is 1. The number of aryl methyl sites for hydroxylation is 1. The lowest BCUT2D eigenvalue weighted by molar-refractivity contribution is 0.0762. The molecule has 2 heterocycles. The van der Waals surface area contributed by atoms with E-state index in [1.807, 2.05) is 17.9 Å². The molecule has 3 rings (SSSR count). The summed E-state index contributed by atoms with van der Waals surface area (Å²) >= 11 is 0. The van der Waals surface area contributed by atoms with E-state index in [2.05, 4.69) is 11.9 Å². The summed E-state index contributed by atoms with van der Waals surface area (Å²) in [4.78, 5) is 19.2. The van der Waals surface area contributed by atoms with Crippen molar-refractivity contribution in [1.29, 1.82) is 0 Å². The van der Waals surface area contributed by atoms with Gasteiger partial charge in [0.05, 0.1) is 11.1 Å². The van der Waals surface area contributed by atoms with E-state index < -0.39 is 0 Å². The molecule has 0 aliphatic carbocycles. The number of benzene rings is 1. The lowest BCUT2D eigenvalue weighted by atomic mass is 10.0. The summed E-state index contributed by atoms with van der Waals surface area (Å²) in [6.07, 6.45) is 3.26. The largest absolute Gasteiger partial charge is 0.339 e. The van der Waals surface area contributed by atoms with Gasteiger partial charge in [0.15, 0.2) is 0 Å². The Kier molecular flexibility index (Phi) is 4.10. The van der Waals surface area contributed by atoms with Crippen LogP contribution in [0.5, 0.6) is 0 Å². The maximum Gasteiger partial charge on any atom is 0.254 e. The van der Waals surface area contributed by atoms with Gasteiger partial charge >= 0.3 is 0 Å². The Hall–Kier alpha value is -1.97. The van der Waals surface area contributed by atoms with Gasteiger partial charge in [0.1, 0.15) is 5.82 Å². The summed E-state index contributed by atoms with van der Waals surface area (Å²) in [6, 6.07) is 6.26. The van der Waals surface area contributed by atoms with Gasteiger partial charge in [0, 0.05) is 30.2 Å². The van der Waals surface area contributed by atoms with Crippen molar-refractivity contribution in [2.24, 2.45) is 5.92 Å². The molecule has 0 bridgehead atoms. The van der Waals surface area contributed by atoms with Crippen LogP contribution in [0.1, 0.15) is 42.2 Å². The molecule has 1 fully saturated rings. The third-order valence-electron chi connectivity index (χ3n) is 4.43. The number of carbonyl (C=O) groups is 1. The molecule has 1 aromatic carbocycles. The highest BCUT2D eigenvalue weighted by Crippen LogP contribution is 2.23. The Labute approximate surface area is 130 Å². The number of aromatic nitrogens is 1. The summed E-state index contributed by atoms with van der Waals surface area (Å²) in [5.41, 5.74) is 1.92. The summed E-state index contributed by atoms with van der Waals surface area (Å²) in [7, 11) is 0. The predicted molar refractivity (Wildman–Crippen MR) is 85.4 cm³/mol. The molecule has 1 atom stereocenters. The molecule has 1 amide bonds. The van der Waals surface area contributed by atoms with Crippen LogP contribution in [-0.4, -0.2) is 28.9 Å². The van der Waals surface area contributed by atoms with Crippen LogP contribution in [0.15, 0.2) is 24.3 Å². The highest BCUT2D eigenvalue weighted by Gasteiger charge is 2.22. The summed E-state index contributed by atoms with van der Waals surface area (Å²) in [5.74, 6) is 0.381. The zero-order chi connectivity index (χ0) is 15.7. The summed E-state index contributed by atoms with van der Waals surface area (Å²) < 4.78 is 13.4. The second kappa shape index (κ2) is 6.03. The van der Waals surface area contributed by atoms with Crippen molar-refractivity contribution in [3.63, 3.8) is 0 Å². The monoisotopic (exact) mass is 300 g/mol. The van der Waals surface area contributed by atoms with Crippen LogP contribution in [0.25, 0.3) is 10.9 Å². The Morgan fingerprint density at radius 3 is 2.91 bits per heavy atom. The second-order valence-corrected chi connectivity index (χ2v) is 6.30. The number of amides is 1. The molecule has 0 spiro atoms. The molecule has 3 nitrogen and oxygen atoms in total. The molecule has 4 heteroatoms. The quantitative estimate of drug-likeness (QED) is 0.799. The van der Waals surface area contributed by atoms with Crippen LogP contribution in [-0.2, 0) is 0 Å². The molecule has 0 saturated carbocycles. The fourth-order valence-corrected chi connectivity index (χ4v) is 3.15. The highest BCUT2D eigenvalue weighted by atomic mass is 19.1. The van der Waals surface area contributed by atoms with Crippen LogP contribution < -0.4 is 0 Å². The van der Waals surface area contributed by atoms with Gasteiger partial charge in [-0.05, 0) is 50.3 Å². The van der Waals surface area contributed by atoms with Crippen LogP contribution >= 0.6 is 0 Å². The molecular weight excluding hydrogens is 279 g/mol. The number of fused-ring (bicyclic) bond motifs is 1. The number of rotatable bonds is 1. The van der Waals surface area contributed by atoms with Gasteiger partial charge in [-0.15, -0.1) is 0 Å². The fourth-order valence-electron chi connectivity index (χ4n) is 3.15. The maximum atomic E-state index is 13.4. The van der Waals surface area contributed by atoms with Gasteiger partial charge in [-0.25, -0.2) is 4.39 Å². The van der Waals surface area contributed by atoms with Gasteiger partial charge in [-0.3, -0.25) is 9.78 Å². The van der Waals surface area contributed by atoms with Crippen LogP contribution in [0.3, 0.4) is 0 Å². The van der Waals surface area contributed by atoms with Crippen molar-refractivity contribution in [3.05, 3.63) is 41.3 Å². The van der Waals surface area contributed by atoms with Crippen molar-refractivity contribution < 1.29 is 9.18 Å². The van der Waals surface area contributed by atoms with Gasteiger partial charge < -0.3 is 4.90 Å². The van der Waals surface area contributed by atoms with Crippen LogP contribution in [0.4, 0.5) is 4.39 Å². The highest BCUT2D eigenvalue weighted by molar-refractivity contribution is 6.06. The minimum atomic E-state index is -0.326. The third kappa shape index (κ3) is 2.96. The maximum absolute atomic E-state index is 13.4. The fraction of sp³-hybridized carbons (Fsp3) is 0.444. The second-order valence-electron chi connectivity index (χ2n) is 6.30. The average molecular weight is 300 g/mol. The van der Waals surface area contributed by atoms with E-state index in [-0.39, 0.29) is 11.7 Å². The third-order valence-corrected chi connectivity index (χ3v) is 4.43. The predicted octanol–water partition coefficient (Wildman–Crippen LogP) is 3.94. The number of carbonyl (C=O) groups excluding carboxylic acids is 1. The molecular formula is C18H21FN2O. The van der Waals surface area contributed by atoms with E-state index in [1.54, 1.807) is 6.07 Å². The van der Waals surface area contributed by atoms with E-state index in [1.165, 1.54) is 18.6 Å². The summed E-state index contributed by atoms with van der Waals surface area (Å²) in [6.45, 7) is 5.67. The van der Waals surface area contributed by atoms with Gasteiger partial charge in [0.2, 0.25) is 0 Å². The number of hydrogen-bond donors (Lipinski definition) is 0. The van der Waals surface area contributed by atoms with Gasteiger partial charge in [-0.2, -0.15) is 0 Å². The Morgan fingerprint density at radius 1 is 1.27 bits per heavy atom. The molecule has 1 saturated heterocycles. The first-order valence-corrected chi connectivity index (χ1v) is 7.91. The molecule has 0 N–H and O–H groups in total. The summed E-state index contributed by atoms with van der Waals surface area (Å²) in [5, 5.41) is 0.731. The Bertz CT molecular complexity index is 708. The van der Waals surface area contributed by atoms with Crippen molar-refractivity contribution in [3.8, 4) is 0 Å². The van der Waals surface area contributed by atoms with Crippen LogP contribution in [0.2, 0.25) is 0 Å². The SMILES string of the molecule is Cc1cc(C(=O)N2CCC[C@@H](C)CC2)c2ccc(F)cc2n1. The Balaban J connectivity index is 1.99. The molecule has 1 aromatic heterocycles. The molecule has 2 aromatic rings. The first kappa shape index (κ1) is 14.9.